The van der Waals surface area contributed by atoms with Crippen LogP contribution in [0.15, 0.2) is 47.9 Å². The van der Waals surface area contributed by atoms with Crippen LogP contribution in [0.1, 0.15) is 48.0 Å². The van der Waals surface area contributed by atoms with Crippen molar-refractivity contribution >= 4 is 50.2 Å². The Bertz CT molecular complexity index is 1150. The molecule has 3 aromatic rings. The van der Waals surface area contributed by atoms with Crippen molar-refractivity contribution < 1.29 is 9.18 Å². The first-order valence-electron chi connectivity index (χ1n) is 10.8. The van der Waals surface area contributed by atoms with Crippen LogP contribution < -0.4 is 5.32 Å². The lowest BCUT2D eigenvalue weighted by atomic mass is 9.95. The van der Waals surface area contributed by atoms with Gasteiger partial charge in [-0.2, -0.15) is 0 Å². The molecule has 1 N–H and O–H groups in total. The molecule has 3 heterocycles. The molecule has 0 radical (unpaired) electrons. The number of anilines is 1. The molecule has 0 bridgehead atoms. The van der Waals surface area contributed by atoms with Gasteiger partial charge in [0.05, 0.1) is 0 Å². The molecule has 2 aliphatic rings. The lowest BCUT2D eigenvalue weighted by molar-refractivity contribution is 0.102. The third-order valence-electron chi connectivity index (χ3n) is 6.37. The maximum Gasteiger partial charge on any atom is 0.255 e. The van der Waals surface area contributed by atoms with Gasteiger partial charge in [0, 0.05) is 38.9 Å². The van der Waals surface area contributed by atoms with Crippen molar-refractivity contribution in [2.75, 3.05) is 18.4 Å². The molecule has 3 nitrogen and oxygen atoms in total. The molecular formula is C25H24ClFN2OS. The van der Waals surface area contributed by atoms with Crippen LogP contribution in [0.5, 0.6) is 0 Å². The second-order valence-electron chi connectivity index (χ2n) is 8.39. The van der Waals surface area contributed by atoms with Gasteiger partial charge in [0.25, 0.3) is 5.91 Å². The summed E-state index contributed by atoms with van der Waals surface area (Å²) in [7, 11) is 0. The molecule has 2 aromatic carbocycles. The predicted octanol–water partition coefficient (Wildman–Crippen LogP) is 6.98. The molecule has 0 aliphatic carbocycles. The lowest BCUT2D eigenvalue weighted by Gasteiger charge is -2.33. The van der Waals surface area contributed by atoms with Crippen LogP contribution >= 0.6 is 22.9 Å². The van der Waals surface area contributed by atoms with E-state index in [1.165, 1.54) is 66.3 Å². The number of hydrogen-bond donors (Lipinski definition) is 1. The summed E-state index contributed by atoms with van der Waals surface area (Å²) in [6.45, 7) is 2.23. The summed E-state index contributed by atoms with van der Waals surface area (Å²) in [4.78, 5) is 15.2. The highest BCUT2D eigenvalue weighted by atomic mass is 35.5. The van der Waals surface area contributed by atoms with E-state index in [4.69, 9.17) is 11.6 Å². The van der Waals surface area contributed by atoms with Crippen molar-refractivity contribution in [3.05, 3.63) is 69.8 Å². The molecule has 1 amide bonds. The van der Waals surface area contributed by atoms with E-state index in [0.717, 1.165) is 18.4 Å². The van der Waals surface area contributed by atoms with Gasteiger partial charge in [0.1, 0.15) is 5.82 Å². The standard InChI is InChI=1S/C25H24ClFN2OS/c26-18-11-17(12-19(27)13-18)25(30)28-20-5-7-24-22(14-20)23(15-31-24)16-4-6-21-3-1-2-9-29(21)10-8-16/h5,7-8,11-15,21H,1-4,6,9-10H2,(H,28,30). The zero-order valence-corrected chi connectivity index (χ0v) is 18.7. The Kier molecular flexibility index (Phi) is 5.83. The van der Waals surface area contributed by atoms with Gasteiger partial charge in [-0.05, 0) is 85.1 Å². The molecule has 160 valence electrons. The summed E-state index contributed by atoms with van der Waals surface area (Å²) in [6, 6.07) is 10.5. The quantitative estimate of drug-likeness (QED) is 0.463. The van der Waals surface area contributed by atoms with Crippen LogP contribution in [0.4, 0.5) is 10.1 Å². The second-order valence-corrected chi connectivity index (χ2v) is 9.73. The molecule has 6 heteroatoms. The molecule has 0 spiro atoms. The topological polar surface area (TPSA) is 32.3 Å². The molecule has 2 aliphatic heterocycles. The molecule has 1 aromatic heterocycles. The van der Waals surface area contributed by atoms with E-state index >= 15 is 0 Å². The van der Waals surface area contributed by atoms with Crippen molar-refractivity contribution in [2.45, 2.75) is 38.1 Å². The van der Waals surface area contributed by atoms with Gasteiger partial charge in [-0.3, -0.25) is 9.69 Å². The van der Waals surface area contributed by atoms with Crippen LogP contribution in [0.2, 0.25) is 5.02 Å². The fourth-order valence-corrected chi connectivity index (χ4v) is 5.95. The number of fused-ring (bicyclic) bond motifs is 2. The van der Waals surface area contributed by atoms with Crippen molar-refractivity contribution in [2.24, 2.45) is 0 Å². The van der Waals surface area contributed by atoms with E-state index in [-0.39, 0.29) is 16.5 Å². The Morgan fingerprint density at radius 1 is 1.16 bits per heavy atom. The summed E-state index contributed by atoms with van der Waals surface area (Å²) < 4.78 is 14.8. The molecule has 31 heavy (non-hydrogen) atoms. The molecular weight excluding hydrogens is 431 g/mol. The van der Waals surface area contributed by atoms with Crippen molar-refractivity contribution in [3.8, 4) is 0 Å². The minimum absolute atomic E-state index is 0.206. The Balaban J connectivity index is 1.40. The van der Waals surface area contributed by atoms with Crippen molar-refractivity contribution in [3.63, 3.8) is 0 Å². The summed E-state index contributed by atoms with van der Waals surface area (Å²) in [6.07, 6.45) is 8.65. The number of nitrogens with one attached hydrogen (secondary N) is 1. The zero-order valence-electron chi connectivity index (χ0n) is 17.2. The fraction of sp³-hybridized carbons (Fsp3) is 0.320. The Morgan fingerprint density at radius 2 is 2.06 bits per heavy atom. The minimum Gasteiger partial charge on any atom is -0.322 e. The van der Waals surface area contributed by atoms with E-state index in [1.807, 2.05) is 18.2 Å². The Morgan fingerprint density at radius 3 is 2.94 bits per heavy atom. The van der Waals surface area contributed by atoms with Crippen molar-refractivity contribution in [1.82, 2.24) is 4.90 Å². The largest absolute Gasteiger partial charge is 0.322 e. The lowest BCUT2D eigenvalue weighted by Crippen LogP contribution is -2.38. The van der Waals surface area contributed by atoms with Gasteiger partial charge in [-0.25, -0.2) is 4.39 Å². The normalized spacial score (nSPS) is 19.5. The summed E-state index contributed by atoms with van der Waals surface area (Å²) >= 11 is 7.63. The van der Waals surface area contributed by atoms with Crippen LogP contribution in [0.25, 0.3) is 15.7 Å². The van der Waals surface area contributed by atoms with Crippen LogP contribution in [0, 0.1) is 5.82 Å². The molecule has 5 rings (SSSR count). The molecule has 1 saturated heterocycles. The van der Waals surface area contributed by atoms with Gasteiger partial charge in [-0.15, -0.1) is 11.3 Å². The zero-order chi connectivity index (χ0) is 21.4. The molecule has 1 fully saturated rings. The van der Waals surface area contributed by atoms with Crippen LogP contribution in [-0.2, 0) is 0 Å². The average Bonchev–Trinajstić information content (AvgIpc) is 3.05. The van der Waals surface area contributed by atoms with E-state index in [2.05, 4.69) is 21.7 Å². The average molecular weight is 455 g/mol. The number of benzene rings is 2. The van der Waals surface area contributed by atoms with E-state index in [9.17, 15) is 9.18 Å². The number of carbonyl (C=O) groups excluding carboxylic acids is 1. The van der Waals surface area contributed by atoms with Gasteiger partial charge >= 0.3 is 0 Å². The highest BCUT2D eigenvalue weighted by molar-refractivity contribution is 7.17. The molecule has 1 atom stereocenters. The first-order chi connectivity index (χ1) is 15.1. The SMILES string of the molecule is O=C(Nc1ccc2scc(C3=CCN4CCCCC4CC3)c2c1)c1cc(F)cc(Cl)c1. The number of hydrogen-bond acceptors (Lipinski definition) is 3. The first kappa shape index (κ1) is 20.7. The van der Waals surface area contributed by atoms with Crippen LogP contribution in [0.3, 0.4) is 0 Å². The smallest absolute Gasteiger partial charge is 0.255 e. The number of nitrogens with zero attached hydrogens (tertiary/aromatic N) is 1. The number of halogens is 2. The van der Waals surface area contributed by atoms with E-state index in [0.29, 0.717) is 11.7 Å². The van der Waals surface area contributed by atoms with Gasteiger partial charge in [-0.1, -0.05) is 24.1 Å². The summed E-state index contributed by atoms with van der Waals surface area (Å²) in [5.74, 6) is -0.895. The third-order valence-corrected chi connectivity index (χ3v) is 7.55. The van der Waals surface area contributed by atoms with Crippen molar-refractivity contribution in [1.29, 1.82) is 0 Å². The minimum atomic E-state index is -0.523. The second kappa shape index (κ2) is 8.73. The van der Waals surface area contributed by atoms with Crippen LogP contribution in [-0.4, -0.2) is 29.9 Å². The van der Waals surface area contributed by atoms with Gasteiger partial charge in [0.15, 0.2) is 0 Å². The van der Waals surface area contributed by atoms with Gasteiger partial charge < -0.3 is 5.32 Å². The van der Waals surface area contributed by atoms with E-state index in [1.54, 1.807) is 11.3 Å². The maximum absolute atomic E-state index is 13.6. The monoisotopic (exact) mass is 454 g/mol. The number of thiophene rings is 1. The summed E-state index contributed by atoms with van der Waals surface area (Å²) in [5, 5.41) is 6.49. The first-order valence-corrected chi connectivity index (χ1v) is 12.0. The van der Waals surface area contributed by atoms with Gasteiger partial charge in [0.2, 0.25) is 0 Å². The number of carbonyl (C=O) groups is 1. The number of allylic oxidation sites excluding steroid dienone is 1. The number of rotatable bonds is 3. The maximum atomic E-state index is 13.6. The number of piperidine rings is 1. The number of amides is 1. The molecule has 1 unspecified atom stereocenters. The Labute approximate surface area is 190 Å². The highest BCUT2D eigenvalue weighted by Crippen LogP contribution is 2.37. The third kappa shape index (κ3) is 4.40. The van der Waals surface area contributed by atoms with E-state index < -0.39 is 5.82 Å². The predicted molar refractivity (Wildman–Crippen MR) is 128 cm³/mol. The highest BCUT2D eigenvalue weighted by Gasteiger charge is 2.24. The fourth-order valence-electron chi connectivity index (χ4n) is 4.77. The molecule has 0 saturated carbocycles. The summed E-state index contributed by atoms with van der Waals surface area (Å²) in [5.41, 5.74) is 3.58. The Hall–Kier alpha value is -2.21.